The Bertz CT molecular complexity index is 1190. The highest BCUT2D eigenvalue weighted by Crippen LogP contribution is 2.37. The Morgan fingerprint density at radius 1 is 0.900 bits per heavy atom. The van der Waals surface area contributed by atoms with Crippen LogP contribution in [0.4, 0.5) is 15.8 Å². The van der Waals surface area contributed by atoms with E-state index in [4.69, 9.17) is 4.74 Å². The summed E-state index contributed by atoms with van der Waals surface area (Å²) in [5.74, 6) is -1.19. The number of hydrogen-bond acceptors (Lipinski definition) is 4. The molecule has 0 saturated carbocycles. The zero-order chi connectivity index (χ0) is 21.3. The van der Waals surface area contributed by atoms with Crippen LogP contribution in [-0.4, -0.2) is 18.9 Å². The summed E-state index contributed by atoms with van der Waals surface area (Å²) < 4.78 is 19.2. The molecule has 0 radical (unpaired) electrons. The summed E-state index contributed by atoms with van der Waals surface area (Å²) in [5, 5.41) is 3.09. The normalized spacial score (nSPS) is 13.8. The molecule has 1 N–H and O–H groups in total. The maximum Gasteiger partial charge on any atom is 0.282 e. The molecule has 0 atom stereocenters. The van der Waals surface area contributed by atoms with E-state index in [-0.39, 0.29) is 17.0 Å². The molecular formula is C24H19FN2O3. The standard InChI is InChI=1S/C24H19FN2O3/c1-15-7-5-9-17(13-15)26-22-21(19-11-3-4-12-20(19)30-2)23(28)27(24(22)29)18-10-6-8-16(25)14-18/h3-14,26H,1-2H3. The minimum atomic E-state index is -0.562. The molecule has 0 bridgehead atoms. The molecule has 0 aliphatic carbocycles. The van der Waals surface area contributed by atoms with Crippen LogP contribution >= 0.6 is 0 Å². The molecule has 2 amide bonds. The molecule has 4 rings (SSSR count). The number of para-hydroxylation sites is 1. The van der Waals surface area contributed by atoms with Crippen molar-refractivity contribution >= 4 is 28.8 Å². The summed E-state index contributed by atoms with van der Waals surface area (Å²) in [7, 11) is 1.50. The molecule has 1 heterocycles. The highest BCUT2D eigenvalue weighted by atomic mass is 19.1. The Balaban J connectivity index is 1.87. The van der Waals surface area contributed by atoms with Crippen LogP contribution in [0.1, 0.15) is 11.1 Å². The number of ether oxygens (including phenoxy) is 1. The van der Waals surface area contributed by atoms with Gasteiger partial charge in [0.25, 0.3) is 11.8 Å². The number of hydrogen-bond donors (Lipinski definition) is 1. The average molecular weight is 402 g/mol. The lowest BCUT2D eigenvalue weighted by Crippen LogP contribution is -2.32. The number of nitrogens with zero attached hydrogens (tertiary/aromatic N) is 1. The number of methoxy groups -OCH3 is 1. The zero-order valence-electron chi connectivity index (χ0n) is 16.5. The monoisotopic (exact) mass is 402 g/mol. The number of carbonyl (C=O) groups is 2. The fourth-order valence-corrected chi connectivity index (χ4v) is 3.46. The maximum atomic E-state index is 13.8. The second-order valence-corrected chi connectivity index (χ2v) is 6.87. The van der Waals surface area contributed by atoms with Crippen molar-refractivity contribution in [3.05, 3.63) is 95.4 Å². The van der Waals surface area contributed by atoms with Gasteiger partial charge < -0.3 is 10.1 Å². The summed E-state index contributed by atoms with van der Waals surface area (Å²) in [6.07, 6.45) is 0. The Morgan fingerprint density at radius 2 is 1.67 bits per heavy atom. The molecule has 0 aromatic heterocycles. The van der Waals surface area contributed by atoms with Gasteiger partial charge in [0.15, 0.2) is 0 Å². The number of amides is 2. The van der Waals surface area contributed by atoms with E-state index in [1.807, 2.05) is 31.2 Å². The van der Waals surface area contributed by atoms with E-state index in [2.05, 4.69) is 5.32 Å². The van der Waals surface area contributed by atoms with Crippen LogP contribution in [0.15, 0.2) is 78.5 Å². The average Bonchev–Trinajstić information content (AvgIpc) is 2.97. The fourth-order valence-electron chi connectivity index (χ4n) is 3.46. The van der Waals surface area contributed by atoms with Gasteiger partial charge in [-0.05, 0) is 48.9 Å². The van der Waals surface area contributed by atoms with Gasteiger partial charge in [-0.15, -0.1) is 0 Å². The van der Waals surface area contributed by atoms with Crippen molar-refractivity contribution in [2.45, 2.75) is 6.92 Å². The molecule has 5 nitrogen and oxygen atoms in total. The van der Waals surface area contributed by atoms with Gasteiger partial charge >= 0.3 is 0 Å². The number of halogens is 1. The summed E-state index contributed by atoms with van der Waals surface area (Å²) in [5.41, 5.74) is 2.59. The quantitative estimate of drug-likeness (QED) is 0.637. The van der Waals surface area contributed by atoms with E-state index >= 15 is 0 Å². The van der Waals surface area contributed by atoms with Crippen LogP contribution < -0.4 is 15.0 Å². The SMILES string of the molecule is COc1ccccc1C1=C(Nc2cccc(C)c2)C(=O)N(c2cccc(F)c2)C1=O. The highest BCUT2D eigenvalue weighted by Gasteiger charge is 2.41. The van der Waals surface area contributed by atoms with E-state index in [1.165, 1.54) is 25.3 Å². The number of anilines is 2. The predicted octanol–water partition coefficient (Wildman–Crippen LogP) is 4.54. The van der Waals surface area contributed by atoms with Gasteiger partial charge in [-0.3, -0.25) is 9.59 Å². The fraction of sp³-hybridized carbons (Fsp3) is 0.0833. The molecular weight excluding hydrogens is 383 g/mol. The van der Waals surface area contributed by atoms with Gasteiger partial charge in [0, 0.05) is 11.3 Å². The van der Waals surface area contributed by atoms with Crippen molar-refractivity contribution in [2.24, 2.45) is 0 Å². The van der Waals surface area contributed by atoms with Gasteiger partial charge in [0.2, 0.25) is 0 Å². The van der Waals surface area contributed by atoms with Crippen LogP contribution in [-0.2, 0) is 9.59 Å². The van der Waals surface area contributed by atoms with Gasteiger partial charge in [-0.25, -0.2) is 9.29 Å². The molecule has 1 aliphatic rings. The van der Waals surface area contributed by atoms with Gasteiger partial charge in [-0.1, -0.05) is 36.4 Å². The number of rotatable bonds is 5. The lowest BCUT2D eigenvalue weighted by atomic mass is 10.0. The number of nitrogens with one attached hydrogen (secondary N) is 1. The second-order valence-electron chi connectivity index (χ2n) is 6.87. The molecule has 0 spiro atoms. The van der Waals surface area contributed by atoms with Crippen molar-refractivity contribution in [1.29, 1.82) is 0 Å². The number of aryl methyl sites for hydroxylation is 1. The molecule has 3 aromatic rings. The molecule has 1 aliphatic heterocycles. The van der Waals surface area contributed by atoms with Crippen molar-refractivity contribution in [3.8, 4) is 5.75 Å². The van der Waals surface area contributed by atoms with E-state index in [0.29, 0.717) is 17.0 Å². The summed E-state index contributed by atoms with van der Waals surface area (Å²) >= 11 is 0. The Kier molecular flexibility index (Phi) is 5.06. The first-order valence-electron chi connectivity index (χ1n) is 9.35. The molecule has 150 valence electrons. The van der Waals surface area contributed by atoms with Crippen LogP contribution in [0.25, 0.3) is 5.57 Å². The largest absolute Gasteiger partial charge is 0.496 e. The molecule has 6 heteroatoms. The van der Waals surface area contributed by atoms with E-state index in [9.17, 15) is 14.0 Å². The van der Waals surface area contributed by atoms with Crippen LogP contribution in [0.5, 0.6) is 5.75 Å². The van der Waals surface area contributed by atoms with Crippen molar-refractivity contribution in [2.75, 3.05) is 17.3 Å². The summed E-state index contributed by atoms with van der Waals surface area (Å²) in [4.78, 5) is 27.7. The molecule has 0 saturated heterocycles. The minimum absolute atomic E-state index is 0.111. The van der Waals surface area contributed by atoms with Crippen LogP contribution in [0.3, 0.4) is 0 Å². The molecule has 3 aromatic carbocycles. The Labute approximate surface area is 173 Å². The zero-order valence-corrected chi connectivity index (χ0v) is 16.5. The topological polar surface area (TPSA) is 58.6 Å². The van der Waals surface area contributed by atoms with Gasteiger partial charge in [0.05, 0.1) is 18.4 Å². The smallest absolute Gasteiger partial charge is 0.282 e. The maximum absolute atomic E-state index is 13.8. The van der Waals surface area contributed by atoms with Gasteiger partial charge in [0.1, 0.15) is 17.3 Å². The van der Waals surface area contributed by atoms with E-state index < -0.39 is 17.6 Å². The third kappa shape index (κ3) is 3.43. The third-order valence-electron chi connectivity index (χ3n) is 4.81. The van der Waals surface area contributed by atoms with Crippen LogP contribution in [0.2, 0.25) is 0 Å². The first-order chi connectivity index (χ1) is 14.5. The Hall–Kier alpha value is -3.93. The van der Waals surface area contributed by atoms with Crippen molar-refractivity contribution < 1.29 is 18.7 Å². The first kappa shape index (κ1) is 19.4. The lowest BCUT2D eigenvalue weighted by molar-refractivity contribution is -0.120. The van der Waals surface area contributed by atoms with E-state index in [0.717, 1.165) is 16.5 Å². The second kappa shape index (κ2) is 7.83. The summed E-state index contributed by atoms with van der Waals surface area (Å²) in [6, 6.07) is 19.8. The highest BCUT2D eigenvalue weighted by molar-refractivity contribution is 6.46. The van der Waals surface area contributed by atoms with Crippen LogP contribution in [0, 0.1) is 12.7 Å². The lowest BCUT2D eigenvalue weighted by Gasteiger charge is -2.15. The predicted molar refractivity (Wildman–Crippen MR) is 114 cm³/mol. The minimum Gasteiger partial charge on any atom is -0.496 e. The molecule has 0 fully saturated rings. The first-order valence-corrected chi connectivity index (χ1v) is 9.35. The third-order valence-corrected chi connectivity index (χ3v) is 4.81. The van der Waals surface area contributed by atoms with Gasteiger partial charge in [-0.2, -0.15) is 0 Å². The van der Waals surface area contributed by atoms with Crippen molar-refractivity contribution in [3.63, 3.8) is 0 Å². The Morgan fingerprint density at radius 3 is 2.40 bits per heavy atom. The number of benzene rings is 3. The number of carbonyl (C=O) groups excluding carboxylic acids is 2. The summed E-state index contributed by atoms with van der Waals surface area (Å²) in [6.45, 7) is 1.93. The molecule has 30 heavy (non-hydrogen) atoms. The molecule has 0 unspecified atom stereocenters. The van der Waals surface area contributed by atoms with E-state index in [1.54, 1.807) is 24.3 Å². The van der Waals surface area contributed by atoms with Crippen molar-refractivity contribution in [1.82, 2.24) is 0 Å². The number of imide groups is 1.